The highest BCUT2D eigenvalue weighted by atomic mass is 35.5. The molecule has 24 heavy (non-hydrogen) atoms. The molecule has 0 spiro atoms. The summed E-state index contributed by atoms with van der Waals surface area (Å²) in [6.45, 7) is 0.165. The Balaban J connectivity index is 1.69. The molecule has 0 saturated carbocycles. The smallest absolute Gasteiger partial charge is 0.328 e. The molecule has 2 aromatic carbocycles. The van der Waals surface area contributed by atoms with Crippen molar-refractivity contribution in [3.8, 4) is 5.75 Å². The number of hydrogen-bond acceptors (Lipinski definition) is 3. The number of aromatic nitrogens is 2. The van der Waals surface area contributed by atoms with Crippen LogP contribution in [0.25, 0.3) is 11.0 Å². The first-order valence-electron chi connectivity index (χ1n) is 7.66. The average Bonchev–Trinajstić information content (AvgIpc) is 2.77. The molecule has 1 unspecified atom stereocenters. The Labute approximate surface area is 144 Å². The number of imidazole rings is 1. The van der Waals surface area contributed by atoms with Crippen molar-refractivity contribution in [3.63, 3.8) is 0 Å². The van der Waals surface area contributed by atoms with Gasteiger partial charge in [-0.1, -0.05) is 23.7 Å². The van der Waals surface area contributed by atoms with E-state index >= 15 is 0 Å². The summed E-state index contributed by atoms with van der Waals surface area (Å²) in [6.07, 6.45) is -0.175. The fourth-order valence-corrected chi connectivity index (χ4v) is 2.98. The largest absolute Gasteiger partial charge is 0.491 e. The van der Waals surface area contributed by atoms with Crippen LogP contribution >= 0.6 is 11.6 Å². The molecule has 0 saturated heterocycles. The minimum atomic E-state index is -0.640. The third kappa shape index (κ3) is 3.32. The van der Waals surface area contributed by atoms with Gasteiger partial charge < -0.3 is 9.84 Å². The highest BCUT2D eigenvalue weighted by Gasteiger charge is 2.11. The Kier molecular flexibility index (Phi) is 4.64. The quantitative estimate of drug-likeness (QED) is 0.772. The lowest BCUT2D eigenvalue weighted by atomic mass is 10.1. The van der Waals surface area contributed by atoms with Crippen LogP contribution in [0.1, 0.15) is 5.56 Å². The summed E-state index contributed by atoms with van der Waals surface area (Å²) >= 11 is 5.94. The van der Waals surface area contributed by atoms with E-state index in [1.807, 2.05) is 30.3 Å². The molecule has 1 heterocycles. The fraction of sp³-hybridized carbons (Fsp3) is 0.278. The molecule has 0 aliphatic heterocycles. The lowest BCUT2D eigenvalue weighted by Gasteiger charge is -2.13. The molecule has 0 fully saturated rings. The van der Waals surface area contributed by atoms with Crippen LogP contribution in [0.2, 0.25) is 5.02 Å². The maximum Gasteiger partial charge on any atom is 0.328 e. The van der Waals surface area contributed by atoms with Crippen LogP contribution in [0.15, 0.2) is 47.3 Å². The lowest BCUT2D eigenvalue weighted by Crippen LogP contribution is -2.20. The first-order valence-corrected chi connectivity index (χ1v) is 8.04. The van der Waals surface area contributed by atoms with Gasteiger partial charge >= 0.3 is 5.69 Å². The van der Waals surface area contributed by atoms with E-state index in [0.717, 1.165) is 16.6 Å². The molecule has 0 aliphatic carbocycles. The van der Waals surface area contributed by atoms with Gasteiger partial charge in [0, 0.05) is 31.6 Å². The normalized spacial score (nSPS) is 12.5. The summed E-state index contributed by atoms with van der Waals surface area (Å²) < 4.78 is 8.84. The Morgan fingerprint density at radius 2 is 1.88 bits per heavy atom. The SMILES string of the molecule is Cn1c(=O)n(C)c2cc(OCC(O)Cc3cccc(Cl)c3)ccc21. The summed E-state index contributed by atoms with van der Waals surface area (Å²) in [5.74, 6) is 0.619. The molecule has 0 aliphatic rings. The maximum atomic E-state index is 11.9. The minimum Gasteiger partial charge on any atom is -0.491 e. The van der Waals surface area contributed by atoms with Crippen LogP contribution < -0.4 is 10.4 Å². The Hall–Kier alpha value is -2.24. The number of hydrogen-bond donors (Lipinski definition) is 1. The van der Waals surface area contributed by atoms with E-state index < -0.39 is 6.10 Å². The van der Waals surface area contributed by atoms with Crippen molar-refractivity contribution in [3.05, 3.63) is 63.5 Å². The van der Waals surface area contributed by atoms with Gasteiger partial charge in [0.15, 0.2) is 0 Å². The predicted octanol–water partition coefficient (Wildman–Crippen LogP) is 2.51. The number of fused-ring (bicyclic) bond motifs is 1. The van der Waals surface area contributed by atoms with Crippen LogP contribution in [-0.4, -0.2) is 27.0 Å². The van der Waals surface area contributed by atoms with E-state index in [9.17, 15) is 9.90 Å². The van der Waals surface area contributed by atoms with E-state index in [2.05, 4.69) is 0 Å². The third-order valence-corrected chi connectivity index (χ3v) is 4.28. The van der Waals surface area contributed by atoms with Gasteiger partial charge in [0.25, 0.3) is 0 Å². The Morgan fingerprint density at radius 3 is 2.62 bits per heavy atom. The zero-order chi connectivity index (χ0) is 17.3. The lowest BCUT2D eigenvalue weighted by molar-refractivity contribution is 0.108. The fourth-order valence-electron chi connectivity index (χ4n) is 2.76. The van der Waals surface area contributed by atoms with Gasteiger partial charge in [-0.2, -0.15) is 0 Å². The summed E-state index contributed by atoms with van der Waals surface area (Å²) in [7, 11) is 3.46. The van der Waals surface area contributed by atoms with Crippen molar-refractivity contribution in [1.82, 2.24) is 9.13 Å². The number of aliphatic hydroxyl groups is 1. The number of aryl methyl sites for hydroxylation is 2. The zero-order valence-corrected chi connectivity index (χ0v) is 14.3. The van der Waals surface area contributed by atoms with Gasteiger partial charge in [-0.3, -0.25) is 9.13 Å². The van der Waals surface area contributed by atoms with Gasteiger partial charge in [0.2, 0.25) is 0 Å². The van der Waals surface area contributed by atoms with Crippen molar-refractivity contribution in [1.29, 1.82) is 0 Å². The monoisotopic (exact) mass is 346 g/mol. The summed E-state index contributed by atoms with van der Waals surface area (Å²) in [6, 6.07) is 12.9. The maximum absolute atomic E-state index is 11.9. The Morgan fingerprint density at radius 1 is 1.12 bits per heavy atom. The van der Waals surface area contributed by atoms with E-state index in [1.165, 1.54) is 0 Å². The van der Waals surface area contributed by atoms with Crippen LogP contribution in [0.3, 0.4) is 0 Å². The molecule has 0 bridgehead atoms. The van der Waals surface area contributed by atoms with Gasteiger partial charge in [-0.25, -0.2) is 4.79 Å². The van der Waals surface area contributed by atoms with Crippen LogP contribution in [-0.2, 0) is 20.5 Å². The van der Waals surface area contributed by atoms with E-state index in [0.29, 0.717) is 17.2 Å². The second-order valence-electron chi connectivity index (χ2n) is 5.85. The topological polar surface area (TPSA) is 56.4 Å². The third-order valence-electron chi connectivity index (χ3n) is 4.05. The summed E-state index contributed by atoms with van der Waals surface area (Å²) in [5, 5.41) is 10.8. The molecule has 1 N–H and O–H groups in total. The minimum absolute atomic E-state index is 0.0804. The van der Waals surface area contributed by atoms with Gasteiger partial charge in [0.1, 0.15) is 12.4 Å². The van der Waals surface area contributed by atoms with E-state index in [-0.39, 0.29) is 12.3 Å². The second-order valence-corrected chi connectivity index (χ2v) is 6.29. The first kappa shape index (κ1) is 16.6. The van der Waals surface area contributed by atoms with E-state index in [1.54, 1.807) is 35.4 Å². The van der Waals surface area contributed by atoms with Crippen molar-refractivity contribution in [2.24, 2.45) is 14.1 Å². The van der Waals surface area contributed by atoms with Crippen molar-refractivity contribution in [2.75, 3.05) is 6.61 Å². The van der Waals surface area contributed by atoms with Crippen molar-refractivity contribution < 1.29 is 9.84 Å². The molecule has 5 nitrogen and oxygen atoms in total. The molecular weight excluding hydrogens is 328 g/mol. The van der Waals surface area contributed by atoms with Crippen LogP contribution in [0, 0.1) is 0 Å². The number of aliphatic hydroxyl groups excluding tert-OH is 1. The number of rotatable bonds is 5. The Bertz CT molecular complexity index is 930. The van der Waals surface area contributed by atoms with Gasteiger partial charge in [-0.15, -0.1) is 0 Å². The molecule has 1 aromatic heterocycles. The van der Waals surface area contributed by atoms with Crippen LogP contribution in [0.4, 0.5) is 0 Å². The summed E-state index contributed by atoms with van der Waals surface area (Å²) in [4.78, 5) is 11.9. The molecule has 6 heteroatoms. The molecule has 0 amide bonds. The van der Waals surface area contributed by atoms with Gasteiger partial charge in [0.05, 0.1) is 17.1 Å². The molecule has 3 aromatic rings. The summed E-state index contributed by atoms with van der Waals surface area (Å²) in [5.41, 5.74) is 2.52. The highest BCUT2D eigenvalue weighted by molar-refractivity contribution is 6.30. The number of ether oxygens (including phenoxy) is 1. The molecule has 126 valence electrons. The molecular formula is C18H19ClN2O3. The number of benzene rings is 2. The second kappa shape index (κ2) is 6.71. The molecule has 3 rings (SSSR count). The van der Waals surface area contributed by atoms with Gasteiger partial charge in [-0.05, 0) is 29.8 Å². The molecule has 1 atom stereocenters. The highest BCUT2D eigenvalue weighted by Crippen LogP contribution is 2.20. The van der Waals surface area contributed by atoms with Crippen molar-refractivity contribution >= 4 is 22.6 Å². The standard InChI is InChI=1S/C18H19ClN2O3/c1-20-16-7-6-15(10-17(16)21(2)18(20)23)24-11-14(22)9-12-4-3-5-13(19)8-12/h3-8,10,14,22H,9,11H2,1-2H3. The predicted molar refractivity (Wildman–Crippen MR) is 94.8 cm³/mol. The number of nitrogens with zero attached hydrogens (tertiary/aromatic N) is 2. The molecule has 0 radical (unpaired) electrons. The van der Waals surface area contributed by atoms with Crippen molar-refractivity contribution in [2.45, 2.75) is 12.5 Å². The van der Waals surface area contributed by atoms with Crippen LogP contribution in [0.5, 0.6) is 5.75 Å². The first-order chi connectivity index (χ1) is 11.5. The zero-order valence-electron chi connectivity index (χ0n) is 13.6. The average molecular weight is 347 g/mol. The van der Waals surface area contributed by atoms with E-state index in [4.69, 9.17) is 16.3 Å². The number of halogens is 1.